The highest BCUT2D eigenvalue weighted by Gasteiger charge is 2.19. The fourth-order valence-corrected chi connectivity index (χ4v) is 2.73. The number of halogens is 1. The number of hydrogen-bond acceptors (Lipinski definition) is 5. The highest BCUT2D eigenvalue weighted by molar-refractivity contribution is 7.12. The van der Waals surface area contributed by atoms with Crippen molar-refractivity contribution in [2.45, 2.75) is 19.9 Å². The summed E-state index contributed by atoms with van der Waals surface area (Å²) < 4.78 is 4.93. The third-order valence-electron chi connectivity index (χ3n) is 3.33. The van der Waals surface area contributed by atoms with E-state index in [0.717, 1.165) is 5.56 Å². The number of thiophene rings is 1. The van der Waals surface area contributed by atoms with E-state index in [-0.39, 0.29) is 5.91 Å². The largest absolute Gasteiger partial charge is 0.454 e. The van der Waals surface area contributed by atoms with Gasteiger partial charge in [-0.25, -0.2) is 4.79 Å². The van der Waals surface area contributed by atoms with Gasteiger partial charge in [0.15, 0.2) is 6.61 Å². The maximum Gasteiger partial charge on any atom is 0.328 e. The van der Waals surface area contributed by atoms with Crippen LogP contribution in [0.25, 0.3) is 0 Å². The quantitative estimate of drug-likeness (QED) is 0.754. The molecule has 2 amide bonds. The van der Waals surface area contributed by atoms with E-state index >= 15 is 0 Å². The van der Waals surface area contributed by atoms with Crippen LogP contribution >= 0.6 is 22.9 Å². The van der Waals surface area contributed by atoms with Gasteiger partial charge in [-0.3, -0.25) is 9.59 Å². The molecular weight excluding hydrogens is 364 g/mol. The third-order valence-corrected chi connectivity index (χ3v) is 4.61. The zero-order valence-electron chi connectivity index (χ0n) is 13.7. The molecular formula is C17H17ClN2O4S. The van der Waals surface area contributed by atoms with Crippen LogP contribution < -0.4 is 10.6 Å². The summed E-state index contributed by atoms with van der Waals surface area (Å²) >= 11 is 7.25. The number of carbonyl (C=O) groups is 3. The first-order valence-corrected chi connectivity index (χ1v) is 8.70. The molecule has 1 unspecified atom stereocenters. The summed E-state index contributed by atoms with van der Waals surface area (Å²) in [6, 6.07) is 7.65. The Morgan fingerprint density at radius 1 is 1.24 bits per heavy atom. The Labute approximate surface area is 154 Å². The Morgan fingerprint density at radius 2 is 2.00 bits per heavy atom. The average Bonchev–Trinajstić information content (AvgIpc) is 3.11. The second-order valence-corrected chi connectivity index (χ2v) is 6.60. The van der Waals surface area contributed by atoms with Crippen LogP contribution in [-0.2, 0) is 14.3 Å². The second-order valence-electron chi connectivity index (χ2n) is 5.24. The molecule has 0 saturated carbocycles. The number of rotatable bonds is 6. The van der Waals surface area contributed by atoms with Crippen molar-refractivity contribution >= 4 is 46.4 Å². The normalized spacial score (nSPS) is 11.5. The number of benzene rings is 1. The van der Waals surface area contributed by atoms with Crippen molar-refractivity contribution in [3.05, 3.63) is 51.2 Å². The van der Waals surface area contributed by atoms with Gasteiger partial charge in [0.2, 0.25) is 0 Å². The van der Waals surface area contributed by atoms with Crippen LogP contribution in [0.1, 0.15) is 22.2 Å². The van der Waals surface area contributed by atoms with Gasteiger partial charge in [0.25, 0.3) is 11.8 Å². The number of nitrogens with one attached hydrogen (secondary N) is 2. The summed E-state index contributed by atoms with van der Waals surface area (Å²) in [6.07, 6.45) is 0. The summed E-state index contributed by atoms with van der Waals surface area (Å²) in [5.41, 5.74) is 1.27. The van der Waals surface area contributed by atoms with Crippen LogP contribution in [0.5, 0.6) is 0 Å². The van der Waals surface area contributed by atoms with Gasteiger partial charge in [0.1, 0.15) is 6.04 Å². The first-order chi connectivity index (χ1) is 11.9. The SMILES string of the molecule is Cc1c(Cl)cccc1NC(=O)COC(=O)C(C)NC(=O)c1cccs1. The molecule has 0 aliphatic rings. The zero-order valence-corrected chi connectivity index (χ0v) is 15.2. The van der Waals surface area contributed by atoms with Gasteiger partial charge in [-0.1, -0.05) is 23.7 Å². The van der Waals surface area contributed by atoms with E-state index in [1.54, 1.807) is 42.6 Å². The summed E-state index contributed by atoms with van der Waals surface area (Å²) in [5.74, 6) is -1.54. The average molecular weight is 381 g/mol. The first-order valence-electron chi connectivity index (χ1n) is 7.44. The van der Waals surface area contributed by atoms with Crippen molar-refractivity contribution < 1.29 is 19.1 Å². The van der Waals surface area contributed by atoms with Crippen molar-refractivity contribution in [1.82, 2.24) is 5.32 Å². The van der Waals surface area contributed by atoms with Gasteiger partial charge in [0.05, 0.1) is 4.88 Å². The molecule has 8 heteroatoms. The standard InChI is InChI=1S/C17H17ClN2O4S/c1-10-12(18)5-3-6-13(10)20-15(21)9-24-17(23)11(2)19-16(22)14-7-4-8-25-14/h3-8,11H,9H2,1-2H3,(H,19,22)(H,20,21). The van der Waals surface area contributed by atoms with Gasteiger partial charge in [0, 0.05) is 10.7 Å². The number of carbonyl (C=O) groups excluding carboxylic acids is 3. The molecule has 1 aromatic carbocycles. The summed E-state index contributed by atoms with van der Waals surface area (Å²) in [6.45, 7) is 2.81. The first kappa shape index (κ1) is 19.0. The molecule has 132 valence electrons. The van der Waals surface area contributed by atoms with Crippen LogP contribution in [0.15, 0.2) is 35.7 Å². The fraction of sp³-hybridized carbons (Fsp3) is 0.235. The number of amides is 2. The van der Waals surface area contributed by atoms with Gasteiger partial charge in [-0.05, 0) is 43.0 Å². The molecule has 6 nitrogen and oxygen atoms in total. The third kappa shape index (κ3) is 5.30. The van der Waals surface area contributed by atoms with Crippen LogP contribution in [-0.4, -0.2) is 30.4 Å². The number of hydrogen-bond donors (Lipinski definition) is 2. The van der Waals surface area contributed by atoms with Crippen molar-refractivity contribution in [2.75, 3.05) is 11.9 Å². The monoisotopic (exact) mass is 380 g/mol. The molecule has 0 saturated heterocycles. The minimum Gasteiger partial charge on any atom is -0.454 e. The van der Waals surface area contributed by atoms with E-state index in [0.29, 0.717) is 15.6 Å². The Kier molecular flexibility index (Phi) is 6.55. The summed E-state index contributed by atoms with van der Waals surface area (Å²) in [4.78, 5) is 36.1. The van der Waals surface area contributed by atoms with Crippen LogP contribution in [0.3, 0.4) is 0 Å². The minimum atomic E-state index is -0.865. The summed E-state index contributed by atoms with van der Waals surface area (Å²) in [5, 5.41) is 7.43. The number of esters is 1. The molecule has 0 radical (unpaired) electrons. The Hall–Kier alpha value is -2.38. The van der Waals surface area contributed by atoms with E-state index in [1.165, 1.54) is 18.3 Å². The van der Waals surface area contributed by atoms with E-state index < -0.39 is 24.5 Å². The van der Waals surface area contributed by atoms with Crippen molar-refractivity contribution in [2.24, 2.45) is 0 Å². The molecule has 0 aliphatic carbocycles. The lowest BCUT2D eigenvalue weighted by molar-refractivity contribution is -0.148. The molecule has 1 aromatic heterocycles. The zero-order chi connectivity index (χ0) is 18.4. The molecule has 0 bridgehead atoms. The Bertz CT molecular complexity index is 777. The van der Waals surface area contributed by atoms with Crippen LogP contribution in [0, 0.1) is 6.92 Å². The molecule has 2 aromatic rings. The van der Waals surface area contributed by atoms with E-state index in [1.807, 2.05) is 0 Å². The van der Waals surface area contributed by atoms with Crippen LogP contribution in [0.4, 0.5) is 5.69 Å². The second kappa shape index (κ2) is 8.64. The van der Waals surface area contributed by atoms with E-state index in [2.05, 4.69) is 10.6 Å². The maximum absolute atomic E-state index is 11.9. The van der Waals surface area contributed by atoms with Gasteiger partial charge in [-0.2, -0.15) is 0 Å². The maximum atomic E-state index is 11.9. The van der Waals surface area contributed by atoms with E-state index in [9.17, 15) is 14.4 Å². The lowest BCUT2D eigenvalue weighted by Gasteiger charge is -2.13. The van der Waals surface area contributed by atoms with Gasteiger partial charge < -0.3 is 15.4 Å². The number of ether oxygens (including phenoxy) is 1. The summed E-state index contributed by atoms with van der Waals surface area (Å²) in [7, 11) is 0. The van der Waals surface area contributed by atoms with Crippen molar-refractivity contribution in [3.63, 3.8) is 0 Å². The van der Waals surface area contributed by atoms with Crippen LogP contribution in [0.2, 0.25) is 5.02 Å². The predicted octanol–water partition coefficient (Wildman–Crippen LogP) is 3.01. The highest BCUT2D eigenvalue weighted by Crippen LogP contribution is 2.22. The van der Waals surface area contributed by atoms with Crippen molar-refractivity contribution in [3.8, 4) is 0 Å². The molecule has 1 atom stereocenters. The molecule has 0 spiro atoms. The topological polar surface area (TPSA) is 84.5 Å². The lowest BCUT2D eigenvalue weighted by atomic mass is 10.2. The fourth-order valence-electron chi connectivity index (χ4n) is 1.93. The smallest absolute Gasteiger partial charge is 0.328 e. The van der Waals surface area contributed by atoms with Gasteiger partial charge in [-0.15, -0.1) is 11.3 Å². The van der Waals surface area contributed by atoms with Gasteiger partial charge >= 0.3 is 5.97 Å². The molecule has 25 heavy (non-hydrogen) atoms. The van der Waals surface area contributed by atoms with Crippen molar-refractivity contribution in [1.29, 1.82) is 0 Å². The molecule has 2 rings (SSSR count). The predicted molar refractivity (Wildman–Crippen MR) is 97.0 cm³/mol. The number of anilines is 1. The molecule has 2 N–H and O–H groups in total. The minimum absolute atomic E-state index is 0.363. The Balaban J connectivity index is 1.81. The highest BCUT2D eigenvalue weighted by atomic mass is 35.5. The van der Waals surface area contributed by atoms with E-state index in [4.69, 9.17) is 16.3 Å². The lowest BCUT2D eigenvalue weighted by Crippen LogP contribution is -2.40. The molecule has 0 fully saturated rings. The molecule has 1 heterocycles. The Morgan fingerprint density at radius 3 is 2.68 bits per heavy atom. The molecule has 0 aliphatic heterocycles.